The molecule has 0 saturated heterocycles. The minimum Gasteiger partial charge on any atom is -0.267 e. The second kappa shape index (κ2) is 6.39. The Hall–Kier alpha value is -1.36. The maximum atomic E-state index is 12.0. The zero-order valence-corrected chi connectivity index (χ0v) is 13.2. The molecular weight excluding hydrogens is 315 g/mol. The number of nitrogens with one attached hydrogen (secondary N) is 1. The number of hydrogen-bond donors (Lipinski definition) is 1. The predicted molar refractivity (Wildman–Crippen MR) is 85.2 cm³/mol. The first kappa shape index (κ1) is 15.0. The molecule has 1 aromatic carbocycles. The summed E-state index contributed by atoms with van der Waals surface area (Å²) in [7, 11) is 0. The molecule has 1 aromatic heterocycles. The lowest BCUT2D eigenvalue weighted by molar-refractivity contribution is 0.0955. The molecule has 0 aliphatic rings. The number of hydrazone groups is 1. The highest BCUT2D eigenvalue weighted by Crippen LogP contribution is 2.21. The van der Waals surface area contributed by atoms with Crippen LogP contribution in [0.1, 0.15) is 27.0 Å². The summed E-state index contributed by atoms with van der Waals surface area (Å²) in [5.41, 5.74) is 3.59. The summed E-state index contributed by atoms with van der Waals surface area (Å²) in [5, 5.41) is 4.87. The van der Waals surface area contributed by atoms with Crippen LogP contribution in [0.15, 0.2) is 35.4 Å². The van der Waals surface area contributed by atoms with Crippen LogP contribution in [0.2, 0.25) is 10.0 Å². The number of aryl methyl sites for hydroxylation is 1. The van der Waals surface area contributed by atoms with Gasteiger partial charge in [-0.25, -0.2) is 5.43 Å². The number of benzene rings is 1. The molecule has 2 rings (SSSR count). The van der Waals surface area contributed by atoms with E-state index in [1.165, 1.54) is 10.9 Å². The summed E-state index contributed by atoms with van der Waals surface area (Å²) < 4.78 is 0. The molecule has 104 valence electrons. The van der Waals surface area contributed by atoms with Crippen molar-refractivity contribution in [1.29, 1.82) is 0 Å². The Morgan fingerprint density at radius 2 is 2.00 bits per heavy atom. The van der Waals surface area contributed by atoms with Crippen molar-refractivity contribution in [2.24, 2.45) is 5.10 Å². The average molecular weight is 327 g/mol. The summed E-state index contributed by atoms with van der Waals surface area (Å²) in [4.78, 5) is 14.2. The maximum absolute atomic E-state index is 12.0. The monoisotopic (exact) mass is 326 g/mol. The maximum Gasteiger partial charge on any atom is 0.272 e. The van der Waals surface area contributed by atoms with Crippen LogP contribution in [0.25, 0.3) is 0 Å². The number of hydrogen-bond acceptors (Lipinski definition) is 3. The van der Waals surface area contributed by atoms with Gasteiger partial charge in [0, 0.05) is 9.90 Å². The summed E-state index contributed by atoms with van der Waals surface area (Å²) >= 11 is 13.4. The van der Waals surface area contributed by atoms with E-state index in [1.807, 2.05) is 26.0 Å². The highest BCUT2D eigenvalue weighted by Gasteiger charge is 2.10. The van der Waals surface area contributed by atoms with E-state index < -0.39 is 0 Å². The zero-order chi connectivity index (χ0) is 14.7. The molecule has 0 saturated carbocycles. The van der Waals surface area contributed by atoms with Gasteiger partial charge in [0.05, 0.1) is 21.2 Å². The minimum absolute atomic E-state index is 0.301. The third-order valence-electron chi connectivity index (χ3n) is 2.60. The van der Waals surface area contributed by atoms with Crippen molar-refractivity contribution < 1.29 is 4.79 Å². The molecular formula is C14H12Cl2N2OS. The second-order valence-corrected chi connectivity index (χ2v) is 6.30. The van der Waals surface area contributed by atoms with Crippen LogP contribution in [0.5, 0.6) is 0 Å². The first-order valence-electron chi connectivity index (χ1n) is 5.84. The second-order valence-electron chi connectivity index (χ2n) is 4.17. The van der Waals surface area contributed by atoms with Crippen LogP contribution in [-0.4, -0.2) is 11.6 Å². The number of amides is 1. The average Bonchev–Trinajstić information content (AvgIpc) is 2.82. The normalized spacial score (nSPS) is 11.5. The Bertz CT molecular complexity index is 680. The molecule has 0 unspecified atom stereocenters. The van der Waals surface area contributed by atoms with Gasteiger partial charge in [0.1, 0.15) is 0 Å². The van der Waals surface area contributed by atoms with Crippen molar-refractivity contribution >= 4 is 46.2 Å². The van der Waals surface area contributed by atoms with E-state index in [2.05, 4.69) is 10.5 Å². The lowest BCUT2D eigenvalue weighted by atomic mass is 10.2. The van der Waals surface area contributed by atoms with Gasteiger partial charge in [-0.15, -0.1) is 11.3 Å². The highest BCUT2D eigenvalue weighted by atomic mass is 35.5. The van der Waals surface area contributed by atoms with E-state index in [0.717, 1.165) is 10.6 Å². The number of carbonyl (C=O) groups excluding carboxylic acids is 1. The SMILES string of the molecule is CC(=NNC(=O)c1ccc(Cl)cc1Cl)c1ccc(C)s1. The molecule has 1 amide bonds. The van der Waals surface area contributed by atoms with Crippen molar-refractivity contribution in [2.45, 2.75) is 13.8 Å². The smallest absolute Gasteiger partial charge is 0.267 e. The molecule has 0 fully saturated rings. The molecule has 0 aliphatic carbocycles. The number of nitrogens with zero attached hydrogens (tertiary/aromatic N) is 1. The van der Waals surface area contributed by atoms with Crippen molar-refractivity contribution in [3.05, 3.63) is 55.7 Å². The lowest BCUT2D eigenvalue weighted by Crippen LogP contribution is -2.19. The van der Waals surface area contributed by atoms with Crippen LogP contribution in [0, 0.1) is 6.92 Å². The third-order valence-corrected chi connectivity index (χ3v) is 4.26. The lowest BCUT2D eigenvalue weighted by Gasteiger charge is -2.04. The van der Waals surface area contributed by atoms with E-state index in [0.29, 0.717) is 15.6 Å². The van der Waals surface area contributed by atoms with Crippen molar-refractivity contribution in [3.63, 3.8) is 0 Å². The topological polar surface area (TPSA) is 41.5 Å². The molecule has 0 aliphatic heterocycles. The molecule has 0 radical (unpaired) electrons. The van der Waals surface area contributed by atoms with E-state index in [9.17, 15) is 4.79 Å². The van der Waals surface area contributed by atoms with E-state index >= 15 is 0 Å². The molecule has 0 spiro atoms. The summed E-state index contributed by atoms with van der Waals surface area (Å²) in [5.74, 6) is -0.362. The Morgan fingerprint density at radius 3 is 2.60 bits per heavy atom. The number of thiophene rings is 1. The Morgan fingerprint density at radius 1 is 1.25 bits per heavy atom. The largest absolute Gasteiger partial charge is 0.272 e. The van der Waals surface area contributed by atoms with Gasteiger partial charge in [-0.3, -0.25) is 4.79 Å². The van der Waals surface area contributed by atoms with Gasteiger partial charge >= 0.3 is 0 Å². The predicted octanol–water partition coefficient (Wildman–Crippen LogP) is 4.52. The molecule has 0 bridgehead atoms. The van der Waals surface area contributed by atoms with Gasteiger partial charge in [0.2, 0.25) is 0 Å². The quantitative estimate of drug-likeness (QED) is 0.654. The minimum atomic E-state index is -0.362. The van der Waals surface area contributed by atoms with Gasteiger partial charge in [-0.1, -0.05) is 23.2 Å². The van der Waals surface area contributed by atoms with Gasteiger partial charge < -0.3 is 0 Å². The summed E-state index contributed by atoms with van der Waals surface area (Å²) in [6.07, 6.45) is 0. The van der Waals surface area contributed by atoms with E-state index in [-0.39, 0.29) is 5.91 Å². The van der Waals surface area contributed by atoms with Crippen LogP contribution in [-0.2, 0) is 0 Å². The summed E-state index contributed by atoms with van der Waals surface area (Å²) in [6, 6.07) is 8.69. The van der Waals surface area contributed by atoms with Crippen molar-refractivity contribution in [2.75, 3.05) is 0 Å². The first-order chi connectivity index (χ1) is 9.47. The van der Waals surface area contributed by atoms with Crippen LogP contribution >= 0.6 is 34.5 Å². The zero-order valence-electron chi connectivity index (χ0n) is 10.9. The number of halogens is 2. The highest BCUT2D eigenvalue weighted by molar-refractivity contribution is 7.14. The standard InChI is InChI=1S/C14H12Cl2N2OS/c1-8-3-6-13(20-8)9(2)17-18-14(19)11-5-4-10(15)7-12(11)16/h3-7H,1-2H3,(H,18,19). The fourth-order valence-electron chi connectivity index (χ4n) is 1.55. The van der Waals surface area contributed by atoms with Crippen LogP contribution in [0.4, 0.5) is 0 Å². The summed E-state index contributed by atoms with van der Waals surface area (Å²) in [6.45, 7) is 3.86. The third kappa shape index (κ3) is 3.60. The van der Waals surface area contributed by atoms with Gasteiger partial charge in [0.15, 0.2) is 0 Å². The Kier molecular flexibility index (Phi) is 4.81. The molecule has 20 heavy (non-hydrogen) atoms. The molecule has 0 atom stereocenters. The van der Waals surface area contributed by atoms with Gasteiger partial charge in [-0.05, 0) is 44.2 Å². The van der Waals surface area contributed by atoms with Crippen LogP contribution < -0.4 is 5.43 Å². The van der Waals surface area contributed by atoms with Gasteiger partial charge in [0.25, 0.3) is 5.91 Å². The van der Waals surface area contributed by atoms with Crippen molar-refractivity contribution in [3.8, 4) is 0 Å². The number of carbonyl (C=O) groups is 1. The Balaban J connectivity index is 2.12. The van der Waals surface area contributed by atoms with Crippen molar-refractivity contribution in [1.82, 2.24) is 5.43 Å². The fourth-order valence-corrected chi connectivity index (χ4v) is 2.86. The van der Waals surface area contributed by atoms with Crippen LogP contribution in [0.3, 0.4) is 0 Å². The van der Waals surface area contributed by atoms with Gasteiger partial charge in [-0.2, -0.15) is 5.10 Å². The fraction of sp³-hybridized carbons (Fsp3) is 0.143. The molecule has 1 heterocycles. The molecule has 3 nitrogen and oxygen atoms in total. The first-order valence-corrected chi connectivity index (χ1v) is 7.41. The van der Waals surface area contributed by atoms with E-state index in [4.69, 9.17) is 23.2 Å². The Labute approximate surface area is 131 Å². The molecule has 2 aromatic rings. The molecule has 6 heteroatoms. The number of rotatable bonds is 3. The van der Waals surface area contributed by atoms with E-state index in [1.54, 1.807) is 23.5 Å². The molecule has 1 N–H and O–H groups in total.